The van der Waals surface area contributed by atoms with Crippen LogP contribution in [0.5, 0.6) is 0 Å². The first-order valence-electron chi connectivity index (χ1n) is 7.87. The second kappa shape index (κ2) is 5.40. The lowest BCUT2D eigenvalue weighted by Crippen LogP contribution is -2.18. The maximum Gasteiger partial charge on any atom is 0.165 e. The summed E-state index contributed by atoms with van der Waals surface area (Å²) < 4.78 is 2.04. The Labute approximate surface area is 129 Å². The molecule has 4 rings (SSSR count). The van der Waals surface area contributed by atoms with Crippen LogP contribution >= 0.6 is 0 Å². The fraction of sp³-hybridized carbons (Fsp3) is 0.353. The van der Waals surface area contributed by atoms with E-state index in [1.807, 2.05) is 10.9 Å². The monoisotopic (exact) mass is 293 g/mol. The van der Waals surface area contributed by atoms with Crippen molar-refractivity contribution in [1.29, 1.82) is 0 Å². The Bertz CT molecular complexity index is 808. The van der Waals surface area contributed by atoms with Crippen LogP contribution in [0.4, 0.5) is 5.82 Å². The number of hydrogen-bond acceptors (Lipinski definition) is 4. The summed E-state index contributed by atoms with van der Waals surface area (Å²) in [5.74, 6) is 0.832. The molecule has 0 aliphatic heterocycles. The van der Waals surface area contributed by atoms with E-state index in [0.29, 0.717) is 6.04 Å². The standard InChI is InChI=1S/C17H19N5/c1-2-22-11-20-15-16(18-10-19-17(15)22)21-14-9-5-7-12-6-3-4-8-13(12)14/h3-4,6,8,10-11,14H,2,5,7,9H2,1H3,(H,18,19,21). The van der Waals surface area contributed by atoms with Gasteiger partial charge in [-0.2, -0.15) is 0 Å². The number of hydrogen-bond donors (Lipinski definition) is 1. The summed E-state index contributed by atoms with van der Waals surface area (Å²) in [6.45, 7) is 2.95. The van der Waals surface area contributed by atoms with Crippen molar-refractivity contribution >= 4 is 17.0 Å². The second-order valence-corrected chi connectivity index (χ2v) is 5.71. The second-order valence-electron chi connectivity index (χ2n) is 5.71. The Hall–Kier alpha value is -2.43. The van der Waals surface area contributed by atoms with Crippen LogP contribution in [0.3, 0.4) is 0 Å². The van der Waals surface area contributed by atoms with E-state index in [4.69, 9.17) is 0 Å². The van der Waals surface area contributed by atoms with E-state index in [-0.39, 0.29) is 0 Å². The SMILES string of the molecule is CCn1cnc2c(NC3CCCc4ccccc43)ncnc21. The number of aromatic nitrogens is 4. The van der Waals surface area contributed by atoms with Gasteiger partial charge in [-0.25, -0.2) is 15.0 Å². The average molecular weight is 293 g/mol. The average Bonchev–Trinajstić information content (AvgIpc) is 2.99. The molecule has 0 spiro atoms. The third-order valence-corrected chi connectivity index (χ3v) is 4.42. The van der Waals surface area contributed by atoms with Crippen molar-refractivity contribution < 1.29 is 0 Å². The van der Waals surface area contributed by atoms with Crippen LogP contribution in [-0.4, -0.2) is 19.5 Å². The molecule has 5 nitrogen and oxygen atoms in total. The molecule has 0 saturated heterocycles. The summed E-state index contributed by atoms with van der Waals surface area (Å²) in [7, 11) is 0. The van der Waals surface area contributed by atoms with E-state index in [9.17, 15) is 0 Å². The fourth-order valence-corrected chi connectivity index (χ4v) is 3.29. The van der Waals surface area contributed by atoms with Crippen molar-refractivity contribution in [2.24, 2.45) is 0 Å². The van der Waals surface area contributed by atoms with Crippen LogP contribution in [0.25, 0.3) is 11.2 Å². The van der Waals surface area contributed by atoms with E-state index in [2.05, 4.69) is 51.5 Å². The molecule has 2 aromatic heterocycles. The number of anilines is 1. The minimum absolute atomic E-state index is 0.301. The molecule has 0 bridgehead atoms. The topological polar surface area (TPSA) is 55.6 Å². The highest BCUT2D eigenvalue weighted by molar-refractivity contribution is 5.82. The predicted octanol–water partition coefficient (Wildman–Crippen LogP) is 3.34. The van der Waals surface area contributed by atoms with Gasteiger partial charge in [0.25, 0.3) is 0 Å². The Kier molecular flexibility index (Phi) is 3.25. The molecule has 0 saturated carbocycles. The largest absolute Gasteiger partial charge is 0.361 e. The lowest BCUT2D eigenvalue weighted by molar-refractivity contribution is 0.599. The van der Waals surface area contributed by atoms with Crippen molar-refractivity contribution in [3.8, 4) is 0 Å². The van der Waals surface area contributed by atoms with Crippen LogP contribution in [0.15, 0.2) is 36.9 Å². The predicted molar refractivity (Wildman–Crippen MR) is 86.7 cm³/mol. The Morgan fingerprint density at radius 1 is 1.23 bits per heavy atom. The molecule has 2 heterocycles. The first kappa shape index (κ1) is 13.2. The van der Waals surface area contributed by atoms with Crippen molar-refractivity contribution in [2.45, 2.75) is 38.8 Å². The summed E-state index contributed by atoms with van der Waals surface area (Å²) in [4.78, 5) is 13.3. The van der Waals surface area contributed by atoms with Crippen molar-refractivity contribution in [2.75, 3.05) is 5.32 Å². The number of fused-ring (bicyclic) bond motifs is 2. The van der Waals surface area contributed by atoms with Gasteiger partial charge >= 0.3 is 0 Å². The zero-order valence-electron chi connectivity index (χ0n) is 12.7. The number of imidazole rings is 1. The lowest BCUT2D eigenvalue weighted by atomic mass is 9.88. The van der Waals surface area contributed by atoms with Gasteiger partial charge in [0.05, 0.1) is 12.4 Å². The highest BCUT2D eigenvalue weighted by Gasteiger charge is 2.21. The highest BCUT2D eigenvalue weighted by Crippen LogP contribution is 2.33. The Morgan fingerprint density at radius 2 is 2.14 bits per heavy atom. The molecular weight excluding hydrogens is 274 g/mol. The van der Waals surface area contributed by atoms with Crippen molar-refractivity contribution in [1.82, 2.24) is 19.5 Å². The Balaban J connectivity index is 1.72. The summed E-state index contributed by atoms with van der Waals surface area (Å²) in [6.07, 6.45) is 6.94. The van der Waals surface area contributed by atoms with Gasteiger partial charge in [-0.15, -0.1) is 0 Å². The molecular formula is C17H19N5. The zero-order valence-corrected chi connectivity index (χ0v) is 12.7. The number of rotatable bonds is 3. The summed E-state index contributed by atoms with van der Waals surface area (Å²) in [6, 6.07) is 8.97. The molecule has 3 aromatic rings. The van der Waals surface area contributed by atoms with Crippen molar-refractivity contribution in [3.63, 3.8) is 0 Å². The van der Waals surface area contributed by atoms with Crippen LogP contribution in [0.1, 0.15) is 36.9 Å². The number of nitrogens with one attached hydrogen (secondary N) is 1. The van der Waals surface area contributed by atoms with Crippen molar-refractivity contribution in [3.05, 3.63) is 48.0 Å². The molecule has 1 atom stereocenters. The Morgan fingerprint density at radius 3 is 3.05 bits per heavy atom. The molecule has 1 aliphatic carbocycles. The van der Waals surface area contributed by atoms with E-state index in [1.165, 1.54) is 17.5 Å². The molecule has 0 amide bonds. The van der Waals surface area contributed by atoms with Gasteiger partial charge in [-0.05, 0) is 37.3 Å². The summed E-state index contributed by atoms with van der Waals surface area (Å²) in [5, 5.41) is 3.59. The molecule has 1 N–H and O–H groups in total. The number of benzene rings is 1. The fourth-order valence-electron chi connectivity index (χ4n) is 3.29. The maximum absolute atomic E-state index is 4.49. The smallest absolute Gasteiger partial charge is 0.165 e. The highest BCUT2D eigenvalue weighted by atomic mass is 15.1. The first-order valence-corrected chi connectivity index (χ1v) is 7.87. The van der Waals surface area contributed by atoms with E-state index >= 15 is 0 Å². The molecule has 1 unspecified atom stereocenters. The summed E-state index contributed by atoms with van der Waals surface area (Å²) in [5.41, 5.74) is 4.57. The molecule has 0 fully saturated rings. The van der Waals surface area contributed by atoms with E-state index in [0.717, 1.165) is 36.4 Å². The van der Waals surface area contributed by atoms with Crippen LogP contribution in [0.2, 0.25) is 0 Å². The molecule has 22 heavy (non-hydrogen) atoms. The first-order chi connectivity index (χ1) is 10.9. The van der Waals surface area contributed by atoms with Gasteiger partial charge < -0.3 is 9.88 Å². The van der Waals surface area contributed by atoms with Gasteiger partial charge in [-0.3, -0.25) is 0 Å². The lowest BCUT2D eigenvalue weighted by Gasteiger charge is -2.26. The van der Waals surface area contributed by atoms with E-state index < -0.39 is 0 Å². The van der Waals surface area contributed by atoms with Gasteiger partial charge in [-0.1, -0.05) is 24.3 Å². The van der Waals surface area contributed by atoms with Gasteiger partial charge in [0.15, 0.2) is 11.5 Å². The maximum atomic E-state index is 4.49. The van der Waals surface area contributed by atoms with E-state index in [1.54, 1.807) is 6.33 Å². The number of aryl methyl sites for hydroxylation is 2. The third kappa shape index (κ3) is 2.13. The van der Waals surface area contributed by atoms with Gasteiger partial charge in [0, 0.05) is 6.54 Å². The molecule has 1 aliphatic rings. The molecule has 5 heteroatoms. The van der Waals surface area contributed by atoms with Gasteiger partial charge in [0.2, 0.25) is 0 Å². The minimum atomic E-state index is 0.301. The van der Waals surface area contributed by atoms with Crippen LogP contribution in [0, 0.1) is 0 Å². The molecule has 0 radical (unpaired) electrons. The van der Waals surface area contributed by atoms with Crippen LogP contribution < -0.4 is 5.32 Å². The summed E-state index contributed by atoms with van der Waals surface area (Å²) >= 11 is 0. The number of nitrogens with zero attached hydrogens (tertiary/aromatic N) is 4. The molecule has 112 valence electrons. The van der Waals surface area contributed by atoms with Gasteiger partial charge in [0.1, 0.15) is 11.8 Å². The zero-order chi connectivity index (χ0) is 14.9. The molecule has 1 aromatic carbocycles. The normalized spacial score (nSPS) is 17.4. The van der Waals surface area contributed by atoms with Crippen LogP contribution in [-0.2, 0) is 13.0 Å². The minimum Gasteiger partial charge on any atom is -0.361 e. The quantitative estimate of drug-likeness (QED) is 0.804. The third-order valence-electron chi connectivity index (χ3n) is 4.42.